The molecule has 58 valence electrons. The van der Waals surface area contributed by atoms with Crippen molar-refractivity contribution in [2.75, 3.05) is 18.5 Å². The minimum Gasteiger partial charge on any atom is -0.321 e. The van der Waals surface area contributed by atoms with Crippen LogP contribution < -0.4 is 0 Å². The maximum Gasteiger partial charge on any atom is 0.114 e. The van der Waals surface area contributed by atoms with Crippen LogP contribution in [-0.4, -0.2) is 18.5 Å². The van der Waals surface area contributed by atoms with Crippen molar-refractivity contribution in [1.29, 1.82) is 0 Å². The lowest BCUT2D eigenvalue weighted by Gasteiger charge is -2.08. The highest BCUT2D eigenvalue weighted by Gasteiger charge is 2.16. The quantitative estimate of drug-likeness (QED) is 0.353. The first-order valence-electron chi connectivity index (χ1n) is 3.23. The molecule has 0 fully saturated rings. The van der Waals surface area contributed by atoms with Gasteiger partial charge in [0, 0.05) is 6.16 Å². The van der Waals surface area contributed by atoms with Crippen molar-refractivity contribution in [2.24, 2.45) is 0 Å². The zero-order chi connectivity index (χ0) is 8.74. The summed E-state index contributed by atoms with van der Waals surface area (Å²) in [5.74, 6) is 4.74. The molecule has 1 nitrogen and oxygen atoms in total. The molecule has 0 aromatic rings. The molecular formula is C9H11OP. The Morgan fingerprint density at radius 3 is 2.09 bits per heavy atom. The first-order valence-corrected chi connectivity index (χ1v) is 5.49. The SMILES string of the molecule is C#CCP(=O)(CC#C)CC=C. The van der Waals surface area contributed by atoms with Crippen molar-refractivity contribution in [3.05, 3.63) is 12.7 Å². The fraction of sp³-hybridized carbons (Fsp3) is 0.333. The van der Waals surface area contributed by atoms with Gasteiger partial charge in [0.25, 0.3) is 0 Å². The summed E-state index contributed by atoms with van der Waals surface area (Å²) in [7, 11) is -2.31. The van der Waals surface area contributed by atoms with E-state index in [2.05, 4.69) is 18.4 Å². The summed E-state index contributed by atoms with van der Waals surface area (Å²) >= 11 is 0. The number of terminal acetylenes is 2. The first-order chi connectivity index (χ1) is 5.18. The van der Waals surface area contributed by atoms with Gasteiger partial charge in [0.15, 0.2) is 0 Å². The van der Waals surface area contributed by atoms with Crippen LogP contribution in [0.3, 0.4) is 0 Å². The van der Waals surface area contributed by atoms with Crippen LogP contribution in [0.15, 0.2) is 12.7 Å². The van der Waals surface area contributed by atoms with Gasteiger partial charge < -0.3 is 4.57 Å². The van der Waals surface area contributed by atoms with Crippen molar-refractivity contribution in [2.45, 2.75) is 0 Å². The molecule has 0 aliphatic heterocycles. The molecule has 11 heavy (non-hydrogen) atoms. The second kappa shape index (κ2) is 4.84. The van der Waals surface area contributed by atoms with Gasteiger partial charge in [-0.15, -0.1) is 19.4 Å². The molecule has 0 aromatic heterocycles. The molecule has 0 aromatic carbocycles. The highest BCUT2D eigenvalue weighted by atomic mass is 31.2. The monoisotopic (exact) mass is 166 g/mol. The van der Waals surface area contributed by atoms with Crippen LogP contribution in [0.2, 0.25) is 0 Å². The van der Waals surface area contributed by atoms with Crippen LogP contribution in [0.4, 0.5) is 0 Å². The molecule has 0 aliphatic carbocycles. The van der Waals surface area contributed by atoms with Crippen LogP contribution in [0.25, 0.3) is 0 Å². The van der Waals surface area contributed by atoms with Crippen molar-refractivity contribution in [1.82, 2.24) is 0 Å². The maximum atomic E-state index is 11.7. The lowest BCUT2D eigenvalue weighted by atomic mass is 10.8. The van der Waals surface area contributed by atoms with Crippen molar-refractivity contribution < 1.29 is 4.57 Å². The fourth-order valence-electron chi connectivity index (χ4n) is 0.753. The summed E-state index contributed by atoms with van der Waals surface area (Å²) in [5.41, 5.74) is 0. The lowest BCUT2D eigenvalue weighted by molar-refractivity contribution is 0.581. The highest BCUT2D eigenvalue weighted by Crippen LogP contribution is 2.44. The Balaban J connectivity index is 4.30. The van der Waals surface area contributed by atoms with Gasteiger partial charge in [-0.1, -0.05) is 17.9 Å². The van der Waals surface area contributed by atoms with Crippen molar-refractivity contribution >= 4 is 7.14 Å². The normalized spacial score (nSPS) is 9.64. The number of rotatable bonds is 4. The summed E-state index contributed by atoms with van der Waals surface area (Å²) in [6, 6.07) is 0. The largest absolute Gasteiger partial charge is 0.321 e. The molecule has 0 atom stereocenters. The second-order valence-electron chi connectivity index (χ2n) is 2.25. The van der Waals surface area contributed by atoms with Crippen molar-refractivity contribution in [3.63, 3.8) is 0 Å². The minimum atomic E-state index is -2.31. The lowest BCUT2D eigenvalue weighted by Crippen LogP contribution is -1.94. The zero-order valence-electron chi connectivity index (χ0n) is 6.42. The van der Waals surface area contributed by atoms with E-state index in [4.69, 9.17) is 12.8 Å². The van der Waals surface area contributed by atoms with E-state index in [0.29, 0.717) is 6.16 Å². The van der Waals surface area contributed by atoms with Gasteiger partial charge in [0.05, 0.1) is 12.3 Å². The predicted molar refractivity (Wildman–Crippen MR) is 50.1 cm³/mol. The average molecular weight is 166 g/mol. The number of hydrogen-bond acceptors (Lipinski definition) is 1. The van der Waals surface area contributed by atoms with Gasteiger partial charge >= 0.3 is 0 Å². The Bertz CT molecular complexity index is 232. The summed E-state index contributed by atoms with van der Waals surface area (Å²) < 4.78 is 11.7. The summed E-state index contributed by atoms with van der Waals surface area (Å²) in [6.07, 6.45) is 12.7. The van der Waals surface area contributed by atoms with Gasteiger partial charge in [0.2, 0.25) is 0 Å². The maximum absolute atomic E-state index is 11.7. The van der Waals surface area contributed by atoms with Gasteiger partial charge in [-0.05, 0) is 0 Å². The third-order valence-electron chi connectivity index (χ3n) is 1.22. The smallest absolute Gasteiger partial charge is 0.114 e. The summed E-state index contributed by atoms with van der Waals surface area (Å²) in [4.78, 5) is 0. The third kappa shape index (κ3) is 3.72. The second-order valence-corrected chi connectivity index (χ2v) is 5.37. The highest BCUT2D eigenvalue weighted by molar-refractivity contribution is 7.64. The van der Waals surface area contributed by atoms with E-state index in [0.717, 1.165) is 0 Å². The molecule has 0 saturated heterocycles. The topological polar surface area (TPSA) is 17.1 Å². The van der Waals surface area contributed by atoms with E-state index in [-0.39, 0.29) is 12.3 Å². The van der Waals surface area contributed by atoms with Gasteiger partial charge in [0.1, 0.15) is 7.14 Å². The van der Waals surface area contributed by atoms with E-state index in [1.165, 1.54) is 0 Å². The standard InChI is InChI=1S/C9H11OP/c1-4-7-11(10,8-5-2)9-6-3/h1-2,6H,3,7-9H2. The average Bonchev–Trinajstić information content (AvgIpc) is 1.88. The Kier molecular flexibility index (Phi) is 4.44. The fourth-order valence-corrected chi connectivity index (χ4v) is 2.26. The van der Waals surface area contributed by atoms with Crippen LogP contribution in [0, 0.1) is 24.7 Å². The van der Waals surface area contributed by atoms with Gasteiger partial charge in [-0.25, -0.2) is 0 Å². The molecule has 0 rings (SSSR count). The molecule has 0 amide bonds. The van der Waals surface area contributed by atoms with E-state index >= 15 is 0 Å². The summed E-state index contributed by atoms with van der Waals surface area (Å²) in [5, 5.41) is 0. The molecule has 0 spiro atoms. The summed E-state index contributed by atoms with van der Waals surface area (Å²) in [6.45, 7) is 3.50. The minimum absolute atomic E-state index is 0.281. The molecule has 0 aliphatic rings. The molecule has 2 heteroatoms. The Morgan fingerprint density at radius 1 is 1.36 bits per heavy atom. The van der Waals surface area contributed by atoms with E-state index in [1.54, 1.807) is 6.08 Å². The Morgan fingerprint density at radius 2 is 1.82 bits per heavy atom. The molecule has 0 saturated carbocycles. The Hall–Kier alpha value is -0.910. The molecule has 0 N–H and O–H groups in total. The van der Waals surface area contributed by atoms with Crippen LogP contribution in [-0.2, 0) is 4.57 Å². The zero-order valence-corrected chi connectivity index (χ0v) is 7.31. The molecule has 0 heterocycles. The predicted octanol–water partition coefficient (Wildman–Crippen LogP) is 1.80. The van der Waals surface area contributed by atoms with Gasteiger partial charge in [-0.2, -0.15) is 0 Å². The number of allylic oxidation sites excluding steroid dienone is 1. The van der Waals surface area contributed by atoms with Crippen LogP contribution in [0.1, 0.15) is 0 Å². The Labute approximate surface area is 68.3 Å². The van der Waals surface area contributed by atoms with E-state index in [1.807, 2.05) is 0 Å². The molecule has 0 unspecified atom stereocenters. The first kappa shape index (κ1) is 10.1. The molecular weight excluding hydrogens is 155 g/mol. The number of hydrogen-bond donors (Lipinski definition) is 0. The molecule has 0 bridgehead atoms. The van der Waals surface area contributed by atoms with Crippen LogP contribution >= 0.6 is 7.14 Å². The van der Waals surface area contributed by atoms with Gasteiger partial charge in [-0.3, -0.25) is 0 Å². The third-order valence-corrected chi connectivity index (χ3v) is 3.66. The molecule has 0 radical (unpaired) electrons. The van der Waals surface area contributed by atoms with E-state index < -0.39 is 7.14 Å². The van der Waals surface area contributed by atoms with E-state index in [9.17, 15) is 4.57 Å². The van der Waals surface area contributed by atoms with Crippen molar-refractivity contribution in [3.8, 4) is 24.7 Å². The van der Waals surface area contributed by atoms with Crippen LogP contribution in [0.5, 0.6) is 0 Å².